The second-order valence-electron chi connectivity index (χ2n) is 13.5. The second kappa shape index (κ2) is 13.0. The third-order valence-electron chi connectivity index (χ3n) is 10.3. The SMILES string of the molecule is [2H]c1cc(-c2c([2H])c([2H])c([2H])c([2H])c2[2H])c(-n2c3ccccc3c3c2ccc2c4ccccc4n(-c4nc(-c5ccccc5)nc(-c5ccc(-c6ccccc6)cc5)n4)c23)c([2H])c1[2H]. The van der Waals surface area contributed by atoms with Gasteiger partial charge < -0.3 is 4.57 Å². The van der Waals surface area contributed by atoms with E-state index in [1.807, 2.05) is 124 Å². The number of hydrogen-bond donors (Lipinski definition) is 0. The van der Waals surface area contributed by atoms with E-state index in [2.05, 4.69) is 30.3 Å². The summed E-state index contributed by atoms with van der Waals surface area (Å²) in [5.41, 5.74) is 6.64. The van der Waals surface area contributed by atoms with E-state index in [-0.39, 0.29) is 34.9 Å². The van der Waals surface area contributed by atoms with E-state index in [1.54, 1.807) is 0 Å². The Morgan fingerprint density at radius 1 is 0.375 bits per heavy atom. The van der Waals surface area contributed by atoms with Crippen LogP contribution in [0, 0.1) is 0 Å². The standard InChI is InChI=1S/C51H33N5/c1-4-16-34(17-5-1)35-28-30-38(31-29-35)50-52-49(37-20-8-3-9-21-37)53-51(54-50)56-44-26-14-11-23-40(44)41-32-33-46-47(48(41)56)42-24-12-15-27-45(42)55(46)43-25-13-10-22-39(43)36-18-6-2-7-19-36/h1-33H/i2D,6D,7D,10D,13D,18D,19D,25D. The molecule has 5 heteroatoms. The maximum atomic E-state index is 9.43. The molecule has 0 aliphatic carbocycles. The summed E-state index contributed by atoms with van der Waals surface area (Å²) in [7, 11) is 0. The van der Waals surface area contributed by atoms with E-state index in [0.29, 0.717) is 28.6 Å². The monoisotopic (exact) mass is 723 g/mol. The highest BCUT2D eigenvalue weighted by Gasteiger charge is 2.24. The number of benzene rings is 8. The van der Waals surface area contributed by atoms with Gasteiger partial charge in [0, 0.05) is 38.2 Å². The third kappa shape index (κ3) is 5.13. The van der Waals surface area contributed by atoms with Gasteiger partial charge in [-0.15, -0.1) is 0 Å². The molecule has 0 N–H and O–H groups in total. The number of rotatable bonds is 6. The van der Waals surface area contributed by atoms with Gasteiger partial charge in [-0.1, -0.05) is 176 Å². The molecule has 3 aromatic heterocycles. The molecule has 262 valence electrons. The lowest BCUT2D eigenvalue weighted by Gasteiger charge is -2.14. The minimum Gasteiger partial charge on any atom is -0.309 e. The Morgan fingerprint density at radius 2 is 0.946 bits per heavy atom. The molecule has 0 spiro atoms. The van der Waals surface area contributed by atoms with E-state index in [0.717, 1.165) is 54.8 Å². The molecule has 8 aromatic carbocycles. The van der Waals surface area contributed by atoms with Crippen LogP contribution < -0.4 is 0 Å². The summed E-state index contributed by atoms with van der Waals surface area (Å²) in [5, 5.41) is 3.41. The largest absolute Gasteiger partial charge is 0.309 e. The molecule has 11 rings (SSSR count). The lowest BCUT2D eigenvalue weighted by atomic mass is 10.0. The fraction of sp³-hybridized carbons (Fsp3) is 0. The maximum Gasteiger partial charge on any atom is 0.238 e. The highest BCUT2D eigenvalue weighted by Crippen LogP contribution is 2.43. The summed E-state index contributed by atoms with van der Waals surface area (Å²) in [6, 6.07) is 45.5. The Hall–Kier alpha value is -7.63. The Kier molecular flexibility index (Phi) is 5.74. The minimum absolute atomic E-state index is 0.0687. The van der Waals surface area contributed by atoms with Crippen LogP contribution in [0.15, 0.2) is 200 Å². The van der Waals surface area contributed by atoms with Crippen molar-refractivity contribution >= 4 is 43.6 Å². The quantitative estimate of drug-likeness (QED) is 0.172. The smallest absolute Gasteiger partial charge is 0.238 e. The minimum atomic E-state index is -0.553. The molecule has 0 aliphatic heterocycles. The van der Waals surface area contributed by atoms with Gasteiger partial charge in [0.05, 0.1) is 38.7 Å². The highest BCUT2D eigenvalue weighted by molar-refractivity contribution is 6.26. The van der Waals surface area contributed by atoms with E-state index in [1.165, 1.54) is 6.07 Å². The van der Waals surface area contributed by atoms with Gasteiger partial charge in [-0.2, -0.15) is 9.97 Å². The molecule has 0 amide bonds. The number of para-hydroxylation sites is 3. The van der Waals surface area contributed by atoms with E-state index < -0.39 is 30.2 Å². The van der Waals surface area contributed by atoms with Gasteiger partial charge in [0.1, 0.15) is 0 Å². The Balaban J connectivity index is 1.24. The van der Waals surface area contributed by atoms with E-state index in [4.69, 9.17) is 24.5 Å². The van der Waals surface area contributed by atoms with Crippen molar-refractivity contribution in [2.75, 3.05) is 0 Å². The zero-order chi connectivity index (χ0) is 44.0. The number of hydrogen-bond acceptors (Lipinski definition) is 3. The van der Waals surface area contributed by atoms with Crippen molar-refractivity contribution in [3.05, 3.63) is 200 Å². The molecule has 0 unspecified atom stereocenters. The predicted octanol–water partition coefficient (Wildman–Crippen LogP) is 12.7. The van der Waals surface area contributed by atoms with Gasteiger partial charge in [-0.25, -0.2) is 4.98 Å². The topological polar surface area (TPSA) is 48.5 Å². The first-order valence-corrected chi connectivity index (χ1v) is 18.2. The van der Waals surface area contributed by atoms with Gasteiger partial charge in [-0.3, -0.25) is 4.57 Å². The van der Waals surface area contributed by atoms with Crippen molar-refractivity contribution in [3.8, 4) is 56.7 Å². The molecule has 3 heterocycles. The van der Waals surface area contributed by atoms with Gasteiger partial charge in [0.2, 0.25) is 5.95 Å². The molecule has 0 fully saturated rings. The van der Waals surface area contributed by atoms with E-state index in [9.17, 15) is 1.37 Å². The molecule has 0 atom stereocenters. The highest BCUT2D eigenvalue weighted by atomic mass is 15.2. The molecular weight excluding hydrogens is 683 g/mol. The average molecular weight is 724 g/mol. The Labute approximate surface area is 334 Å². The fourth-order valence-corrected chi connectivity index (χ4v) is 7.80. The Bertz CT molecular complexity index is 3670. The van der Waals surface area contributed by atoms with Crippen molar-refractivity contribution in [1.82, 2.24) is 24.1 Å². The zero-order valence-electron chi connectivity index (χ0n) is 37.7. The number of nitrogens with zero attached hydrogens (tertiary/aromatic N) is 5. The summed E-state index contributed by atoms with van der Waals surface area (Å²) in [4.78, 5) is 15.4. The molecule has 0 bridgehead atoms. The van der Waals surface area contributed by atoms with Crippen LogP contribution in [0.25, 0.3) is 100 Å². The van der Waals surface area contributed by atoms with Gasteiger partial charge >= 0.3 is 0 Å². The van der Waals surface area contributed by atoms with Crippen LogP contribution in [0.3, 0.4) is 0 Å². The van der Waals surface area contributed by atoms with Gasteiger partial charge in [-0.05, 0) is 40.9 Å². The third-order valence-corrected chi connectivity index (χ3v) is 10.3. The van der Waals surface area contributed by atoms with Crippen molar-refractivity contribution in [2.24, 2.45) is 0 Å². The number of fused-ring (bicyclic) bond motifs is 7. The van der Waals surface area contributed by atoms with Gasteiger partial charge in [0.15, 0.2) is 11.6 Å². The van der Waals surface area contributed by atoms with Crippen LogP contribution in [0.4, 0.5) is 0 Å². The predicted molar refractivity (Wildman–Crippen MR) is 230 cm³/mol. The molecule has 11 aromatic rings. The van der Waals surface area contributed by atoms with Crippen molar-refractivity contribution < 1.29 is 11.0 Å². The van der Waals surface area contributed by atoms with Crippen molar-refractivity contribution in [1.29, 1.82) is 0 Å². The first kappa shape index (κ1) is 24.6. The van der Waals surface area contributed by atoms with Crippen LogP contribution >= 0.6 is 0 Å². The molecule has 56 heavy (non-hydrogen) atoms. The number of aromatic nitrogens is 5. The van der Waals surface area contributed by atoms with Crippen LogP contribution in [0.2, 0.25) is 0 Å². The van der Waals surface area contributed by atoms with Crippen LogP contribution in [-0.2, 0) is 0 Å². The molecule has 0 radical (unpaired) electrons. The van der Waals surface area contributed by atoms with Crippen LogP contribution in [0.1, 0.15) is 11.0 Å². The second-order valence-corrected chi connectivity index (χ2v) is 13.5. The molecule has 0 aliphatic rings. The van der Waals surface area contributed by atoms with Gasteiger partial charge in [0.25, 0.3) is 0 Å². The summed E-state index contributed by atoms with van der Waals surface area (Å²) in [6.45, 7) is 0. The summed E-state index contributed by atoms with van der Waals surface area (Å²) in [5.74, 6) is 1.33. The van der Waals surface area contributed by atoms with Crippen molar-refractivity contribution in [2.45, 2.75) is 0 Å². The first-order valence-electron chi connectivity index (χ1n) is 22.2. The molecule has 5 nitrogen and oxygen atoms in total. The van der Waals surface area contributed by atoms with E-state index >= 15 is 0 Å². The first-order chi connectivity index (χ1) is 31.1. The van der Waals surface area contributed by atoms with Crippen molar-refractivity contribution in [3.63, 3.8) is 0 Å². The lowest BCUT2D eigenvalue weighted by molar-refractivity contribution is 0.955. The van der Waals surface area contributed by atoms with Crippen LogP contribution in [0.5, 0.6) is 0 Å². The summed E-state index contributed by atoms with van der Waals surface area (Å²) in [6.07, 6.45) is 0. The Morgan fingerprint density at radius 3 is 1.68 bits per heavy atom. The molecule has 0 saturated heterocycles. The maximum absolute atomic E-state index is 9.43. The zero-order valence-corrected chi connectivity index (χ0v) is 29.7. The molecule has 0 saturated carbocycles. The fourth-order valence-electron chi connectivity index (χ4n) is 7.80. The lowest BCUT2D eigenvalue weighted by Crippen LogP contribution is -2.06. The molecular formula is C51H33N5. The normalized spacial score (nSPS) is 13.6. The average Bonchev–Trinajstić information content (AvgIpc) is 3.85. The summed E-state index contributed by atoms with van der Waals surface area (Å²) < 4.78 is 74.0. The van der Waals surface area contributed by atoms with Crippen LogP contribution in [-0.4, -0.2) is 24.1 Å². The summed E-state index contributed by atoms with van der Waals surface area (Å²) >= 11 is 0.